The van der Waals surface area contributed by atoms with Crippen molar-refractivity contribution in [2.24, 2.45) is 5.84 Å². The molecule has 1 aliphatic heterocycles. The second kappa shape index (κ2) is 20.1. The van der Waals surface area contributed by atoms with Crippen molar-refractivity contribution in [3.8, 4) is 22.3 Å². The van der Waals surface area contributed by atoms with Crippen LogP contribution in [0.5, 0.6) is 0 Å². The number of hydrogen-bond donors (Lipinski definition) is 3. The average Bonchev–Trinajstić information content (AvgIpc) is 3.31. The maximum atomic E-state index is 5.73. The minimum absolute atomic E-state index is 0.857. The van der Waals surface area contributed by atoms with E-state index in [9.17, 15) is 0 Å². The van der Waals surface area contributed by atoms with Gasteiger partial charge in [-0.25, -0.2) is 0 Å². The van der Waals surface area contributed by atoms with Crippen molar-refractivity contribution < 1.29 is 0 Å². The summed E-state index contributed by atoms with van der Waals surface area (Å²) >= 11 is 0. The fraction of sp³-hybridized carbons (Fsp3) is 0.125. The van der Waals surface area contributed by atoms with E-state index in [2.05, 4.69) is 193 Å². The average molecular weight is 784 g/mol. The third-order valence-corrected chi connectivity index (χ3v) is 10.8. The Morgan fingerprint density at radius 1 is 0.650 bits per heavy atom. The fourth-order valence-electron chi connectivity index (χ4n) is 8.07. The zero-order chi connectivity index (χ0) is 41.7. The molecule has 2 bridgehead atoms. The summed E-state index contributed by atoms with van der Waals surface area (Å²) in [5.74, 6) is 5.73. The Kier molecular flexibility index (Phi) is 13.8. The number of nitrogens with zero attached hydrogens (tertiary/aromatic N) is 1. The number of hydrogen-bond acceptors (Lipinski definition) is 3. The van der Waals surface area contributed by atoms with Crippen LogP contribution in [0.1, 0.15) is 50.3 Å². The third-order valence-electron chi connectivity index (χ3n) is 10.8. The molecule has 2 aliphatic rings. The Morgan fingerprint density at radius 2 is 1.32 bits per heavy atom. The predicted octanol–water partition coefficient (Wildman–Crippen LogP) is 14.8. The number of hydrazine groups is 1. The van der Waals surface area contributed by atoms with Crippen molar-refractivity contribution in [1.82, 2.24) is 4.58 Å². The first kappa shape index (κ1) is 41.2. The van der Waals surface area contributed by atoms with Crippen LogP contribution in [-0.2, 0) is 12.8 Å². The lowest BCUT2D eigenvalue weighted by molar-refractivity contribution is 0.994. The SMILES string of the molecule is C1=CC(Cc2ccccc2)=CCC1.C=C1C=CC=[N+](c2ccc(NN)cc2)c2c(CC)c(cc3ccccc23)-c2ccccc2-c2cccc(Nc3ccccc3)c21.CC. The largest absolute Gasteiger partial charge is 0.355 e. The first-order valence-corrected chi connectivity index (χ1v) is 21.2. The fourth-order valence-corrected chi connectivity index (χ4v) is 8.07. The summed E-state index contributed by atoms with van der Waals surface area (Å²) in [5.41, 5.74) is 18.7. The normalized spacial score (nSPS) is 12.8. The minimum atomic E-state index is 0.857. The monoisotopic (exact) mass is 783 g/mol. The molecule has 4 heteroatoms. The van der Waals surface area contributed by atoms with E-state index in [4.69, 9.17) is 5.84 Å². The van der Waals surface area contributed by atoms with Crippen molar-refractivity contribution >= 4 is 51.0 Å². The van der Waals surface area contributed by atoms with Crippen molar-refractivity contribution in [3.05, 3.63) is 217 Å². The van der Waals surface area contributed by atoms with E-state index in [0.29, 0.717) is 0 Å². The van der Waals surface area contributed by atoms with Gasteiger partial charge in [-0.1, -0.05) is 149 Å². The quantitative estimate of drug-likeness (QED) is 0.0857. The smallest absolute Gasteiger partial charge is 0.222 e. The summed E-state index contributed by atoms with van der Waals surface area (Å²) in [6.07, 6.45) is 17.6. The molecule has 0 unspecified atom stereocenters. The highest BCUT2D eigenvalue weighted by Gasteiger charge is 2.26. The molecule has 0 spiro atoms. The Labute approximate surface area is 356 Å². The Bertz CT molecular complexity index is 2680. The van der Waals surface area contributed by atoms with Crippen LogP contribution in [0.15, 0.2) is 200 Å². The van der Waals surface area contributed by atoms with E-state index >= 15 is 0 Å². The summed E-state index contributed by atoms with van der Waals surface area (Å²) in [7, 11) is 0. The van der Waals surface area contributed by atoms with Gasteiger partial charge in [0.1, 0.15) is 0 Å². The minimum Gasteiger partial charge on any atom is -0.355 e. The highest BCUT2D eigenvalue weighted by molar-refractivity contribution is 6.05. The maximum Gasteiger partial charge on any atom is 0.222 e. The van der Waals surface area contributed by atoms with Gasteiger partial charge in [0.05, 0.1) is 5.39 Å². The topological polar surface area (TPSA) is 53.1 Å². The molecule has 1 aliphatic carbocycles. The third kappa shape index (κ3) is 9.31. The number of nitrogens with two attached hydrogens (primary N) is 1. The van der Waals surface area contributed by atoms with Crippen molar-refractivity contribution in [2.75, 3.05) is 10.7 Å². The van der Waals surface area contributed by atoms with Crippen molar-refractivity contribution in [1.29, 1.82) is 0 Å². The number of anilines is 3. The van der Waals surface area contributed by atoms with Crippen molar-refractivity contribution in [2.45, 2.75) is 46.5 Å². The number of benzene rings is 7. The van der Waals surface area contributed by atoms with Gasteiger partial charge in [0, 0.05) is 46.4 Å². The van der Waals surface area contributed by atoms with E-state index in [1.54, 1.807) is 0 Å². The molecule has 0 amide bonds. The van der Waals surface area contributed by atoms with E-state index in [0.717, 1.165) is 52.3 Å². The Balaban J connectivity index is 0.000000306. The van der Waals surface area contributed by atoms with Gasteiger partial charge >= 0.3 is 0 Å². The molecule has 7 aromatic rings. The maximum absolute atomic E-state index is 5.73. The summed E-state index contributed by atoms with van der Waals surface area (Å²) in [6, 6.07) is 55.4. The molecular formula is C56H55N4+. The summed E-state index contributed by atoms with van der Waals surface area (Å²) < 4.78 is 2.30. The molecule has 4 nitrogen and oxygen atoms in total. The van der Waals surface area contributed by atoms with Gasteiger partial charge in [0.2, 0.25) is 11.4 Å². The van der Waals surface area contributed by atoms with Gasteiger partial charge in [0.15, 0.2) is 6.21 Å². The standard InChI is InChI=1S/C41H35N4.C13H14.C2H6/c1-3-33-38-27-29-14-7-8-17-34(29)41(33)45(32-24-22-31(44-42)23-25-32)26-12-13-28(2)40-37(35-18-9-10-19-36(35)38)20-11-21-39(40)43-30-15-5-4-6-16-30;1-3-7-12(8-4-1)11-13-9-5-2-6-10-13;1-2/h4-27,43-44H,2-3,42H2,1H3;1,3-5,7-10H,2,6,11H2;1-2H3/q+1;;. The second-order valence-electron chi connectivity index (χ2n) is 14.6. The number of nitrogen functional groups attached to an aromatic ring is 1. The number of para-hydroxylation sites is 1. The number of nitrogens with one attached hydrogen (secondary N) is 2. The van der Waals surface area contributed by atoms with Gasteiger partial charge in [-0.05, 0) is 119 Å². The van der Waals surface area contributed by atoms with E-state index in [1.807, 2.05) is 44.2 Å². The van der Waals surface area contributed by atoms with Crippen LogP contribution in [0.4, 0.5) is 28.4 Å². The van der Waals surface area contributed by atoms with Crippen LogP contribution in [0.3, 0.4) is 0 Å². The van der Waals surface area contributed by atoms with Crippen LogP contribution >= 0.6 is 0 Å². The molecule has 60 heavy (non-hydrogen) atoms. The molecule has 1 heterocycles. The molecule has 9 rings (SSSR count). The molecule has 0 atom stereocenters. The first-order chi connectivity index (χ1) is 29.6. The van der Waals surface area contributed by atoms with Crippen LogP contribution in [0, 0.1) is 0 Å². The zero-order valence-electron chi connectivity index (χ0n) is 35.0. The van der Waals surface area contributed by atoms with Gasteiger partial charge in [0.25, 0.3) is 0 Å². The van der Waals surface area contributed by atoms with Crippen LogP contribution in [-0.4, -0.2) is 6.21 Å². The molecule has 7 aromatic carbocycles. The van der Waals surface area contributed by atoms with E-state index in [-0.39, 0.29) is 0 Å². The van der Waals surface area contributed by atoms with E-state index in [1.165, 1.54) is 62.7 Å². The molecular weight excluding hydrogens is 729 g/mol. The van der Waals surface area contributed by atoms with Gasteiger partial charge in [-0.3, -0.25) is 5.84 Å². The molecule has 0 radical (unpaired) electrons. The van der Waals surface area contributed by atoms with Crippen molar-refractivity contribution in [3.63, 3.8) is 0 Å². The number of rotatable bonds is 7. The zero-order valence-corrected chi connectivity index (χ0v) is 35.0. The summed E-state index contributed by atoms with van der Waals surface area (Å²) in [5, 5.41) is 6.07. The molecule has 0 saturated carbocycles. The molecule has 0 aromatic heterocycles. The first-order valence-electron chi connectivity index (χ1n) is 21.2. The lowest BCUT2D eigenvalue weighted by Crippen LogP contribution is -2.11. The van der Waals surface area contributed by atoms with E-state index < -0.39 is 0 Å². The predicted molar refractivity (Wildman–Crippen MR) is 262 cm³/mol. The number of allylic oxidation sites excluding steroid dienone is 7. The highest BCUT2D eigenvalue weighted by atomic mass is 15.2. The van der Waals surface area contributed by atoms with Gasteiger partial charge < -0.3 is 10.7 Å². The molecule has 298 valence electrons. The summed E-state index contributed by atoms with van der Waals surface area (Å²) in [4.78, 5) is 0. The molecule has 0 fully saturated rings. The lowest BCUT2D eigenvalue weighted by Gasteiger charge is -2.21. The Hall–Kier alpha value is -7.01. The summed E-state index contributed by atoms with van der Waals surface area (Å²) in [6.45, 7) is 10.9. The van der Waals surface area contributed by atoms with Crippen LogP contribution in [0.25, 0.3) is 38.6 Å². The Morgan fingerprint density at radius 3 is 2.02 bits per heavy atom. The van der Waals surface area contributed by atoms with Gasteiger partial charge in [-0.15, -0.1) is 0 Å². The van der Waals surface area contributed by atoms with Gasteiger partial charge in [-0.2, -0.15) is 4.58 Å². The van der Waals surface area contributed by atoms with Crippen LogP contribution < -0.4 is 21.2 Å². The number of fused-ring (bicyclic) bond motifs is 8. The molecule has 4 N–H and O–H groups in total. The second-order valence-corrected chi connectivity index (χ2v) is 14.6. The highest BCUT2D eigenvalue weighted by Crippen LogP contribution is 2.45. The lowest BCUT2D eigenvalue weighted by atomic mass is 9.85. The molecule has 0 saturated heterocycles. The van der Waals surface area contributed by atoms with Crippen LogP contribution in [0.2, 0.25) is 0 Å².